The van der Waals surface area contributed by atoms with E-state index in [0.29, 0.717) is 5.82 Å². The zero-order valence-electron chi connectivity index (χ0n) is 11.0. The van der Waals surface area contributed by atoms with Crippen LogP contribution in [-0.4, -0.2) is 40.4 Å². The van der Waals surface area contributed by atoms with Crippen LogP contribution < -0.4 is 0 Å². The summed E-state index contributed by atoms with van der Waals surface area (Å²) in [6.07, 6.45) is 2.35. The van der Waals surface area contributed by atoms with Gasteiger partial charge in [0.05, 0.1) is 11.5 Å². The van der Waals surface area contributed by atoms with Crippen molar-refractivity contribution in [3.63, 3.8) is 0 Å². The van der Waals surface area contributed by atoms with E-state index in [2.05, 4.69) is 10.1 Å². The van der Waals surface area contributed by atoms with E-state index in [-0.39, 0.29) is 24.6 Å². The highest BCUT2D eigenvalue weighted by atomic mass is 16.6. The predicted octanol–water partition coefficient (Wildman–Crippen LogP) is 0.266. The standard InChI is InChI=1S/C10H12N6O5/c1-7-11-3-10(16(20)21)14(7)6-9(17)5-13-4-8(2-12-13)15(18)19/h2-4,9,17H,5-6H2,1H3. The Labute approximate surface area is 117 Å². The van der Waals surface area contributed by atoms with E-state index in [1.807, 2.05) is 0 Å². The molecule has 0 amide bonds. The lowest BCUT2D eigenvalue weighted by atomic mass is 10.3. The first-order chi connectivity index (χ1) is 9.88. The molecule has 112 valence electrons. The van der Waals surface area contributed by atoms with E-state index in [4.69, 9.17) is 0 Å². The summed E-state index contributed by atoms with van der Waals surface area (Å²) < 4.78 is 2.48. The summed E-state index contributed by atoms with van der Waals surface area (Å²) >= 11 is 0. The van der Waals surface area contributed by atoms with Crippen LogP contribution >= 0.6 is 0 Å². The lowest BCUT2D eigenvalue weighted by Gasteiger charge is -2.10. The van der Waals surface area contributed by atoms with Crippen molar-refractivity contribution in [2.45, 2.75) is 26.1 Å². The van der Waals surface area contributed by atoms with E-state index in [1.165, 1.54) is 15.4 Å². The molecular formula is C10H12N6O5. The van der Waals surface area contributed by atoms with E-state index in [0.717, 1.165) is 12.4 Å². The lowest BCUT2D eigenvalue weighted by Crippen LogP contribution is -2.23. The Kier molecular flexibility index (Phi) is 3.93. The summed E-state index contributed by atoms with van der Waals surface area (Å²) in [6, 6.07) is 0. The van der Waals surface area contributed by atoms with Crippen molar-refractivity contribution >= 4 is 11.5 Å². The topological polar surface area (TPSA) is 142 Å². The number of nitro groups is 2. The number of aromatic nitrogens is 4. The van der Waals surface area contributed by atoms with Gasteiger partial charge in [0, 0.05) is 6.92 Å². The first kappa shape index (κ1) is 14.6. The highest BCUT2D eigenvalue weighted by molar-refractivity contribution is 5.21. The number of hydrogen-bond acceptors (Lipinski definition) is 7. The maximum atomic E-state index is 10.8. The number of aliphatic hydroxyl groups is 1. The van der Waals surface area contributed by atoms with Crippen molar-refractivity contribution in [1.29, 1.82) is 0 Å². The second kappa shape index (κ2) is 5.66. The van der Waals surface area contributed by atoms with Gasteiger partial charge in [0.25, 0.3) is 0 Å². The minimum atomic E-state index is -1.00. The smallest absolute Gasteiger partial charge is 0.342 e. The van der Waals surface area contributed by atoms with Crippen LogP contribution in [0.2, 0.25) is 0 Å². The van der Waals surface area contributed by atoms with Gasteiger partial charge in [-0.25, -0.2) is 9.55 Å². The molecule has 1 atom stereocenters. The molecule has 2 aromatic rings. The summed E-state index contributed by atoms with van der Waals surface area (Å²) in [4.78, 5) is 24.0. The van der Waals surface area contributed by atoms with E-state index < -0.39 is 16.0 Å². The maximum Gasteiger partial charge on any atom is 0.342 e. The summed E-state index contributed by atoms with van der Waals surface area (Å²) in [7, 11) is 0. The van der Waals surface area contributed by atoms with Crippen LogP contribution in [0.3, 0.4) is 0 Å². The largest absolute Gasteiger partial charge is 0.387 e. The fraction of sp³-hybridized carbons (Fsp3) is 0.400. The highest BCUT2D eigenvalue weighted by Gasteiger charge is 2.21. The molecule has 1 N–H and O–H groups in total. The minimum Gasteiger partial charge on any atom is -0.387 e. The molecule has 11 nitrogen and oxygen atoms in total. The van der Waals surface area contributed by atoms with Crippen LogP contribution in [0, 0.1) is 27.2 Å². The normalized spacial score (nSPS) is 12.3. The number of aryl methyl sites for hydroxylation is 1. The molecular weight excluding hydrogens is 284 g/mol. The number of nitrogens with zero attached hydrogens (tertiary/aromatic N) is 6. The fourth-order valence-corrected chi connectivity index (χ4v) is 1.86. The van der Waals surface area contributed by atoms with Crippen molar-refractivity contribution in [1.82, 2.24) is 19.3 Å². The molecule has 0 aromatic carbocycles. The van der Waals surface area contributed by atoms with Crippen molar-refractivity contribution in [3.8, 4) is 0 Å². The molecule has 0 saturated heterocycles. The molecule has 0 aliphatic carbocycles. The van der Waals surface area contributed by atoms with E-state index >= 15 is 0 Å². The zero-order chi connectivity index (χ0) is 15.6. The van der Waals surface area contributed by atoms with Crippen LogP contribution in [0.5, 0.6) is 0 Å². The van der Waals surface area contributed by atoms with Crippen LogP contribution in [-0.2, 0) is 13.1 Å². The molecule has 0 spiro atoms. The molecule has 0 bridgehead atoms. The SMILES string of the molecule is Cc1ncc([N+](=O)[O-])n1CC(O)Cn1cc([N+](=O)[O-])cn1. The molecule has 21 heavy (non-hydrogen) atoms. The van der Waals surface area contributed by atoms with Crippen LogP contribution in [0.15, 0.2) is 18.6 Å². The predicted molar refractivity (Wildman–Crippen MR) is 68.5 cm³/mol. The van der Waals surface area contributed by atoms with Gasteiger partial charge in [-0.15, -0.1) is 0 Å². The number of imidazole rings is 1. The third kappa shape index (κ3) is 3.20. The molecule has 0 radical (unpaired) electrons. The van der Waals surface area contributed by atoms with Gasteiger partial charge in [-0.2, -0.15) is 5.10 Å². The average molecular weight is 296 g/mol. The van der Waals surface area contributed by atoms with Gasteiger partial charge in [-0.3, -0.25) is 14.8 Å². The second-order valence-corrected chi connectivity index (χ2v) is 4.36. The van der Waals surface area contributed by atoms with Gasteiger partial charge < -0.3 is 15.2 Å². The summed E-state index contributed by atoms with van der Waals surface area (Å²) in [5.41, 5.74) is -0.188. The van der Waals surface area contributed by atoms with Crippen molar-refractivity contribution in [3.05, 3.63) is 44.6 Å². The zero-order valence-corrected chi connectivity index (χ0v) is 11.0. The number of rotatable bonds is 6. The molecule has 2 heterocycles. The first-order valence-electron chi connectivity index (χ1n) is 5.90. The second-order valence-electron chi connectivity index (χ2n) is 4.36. The lowest BCUT2D eigenvalue weighted by molar-refractivity contribution is -0.392. The maximum absolute atomic E-state index is 10.8. The van der Waals surface area contributed by atoms with E-state index in [1.54, 1.807) is 6.92 Å². The Hall–Kier alpha value is -2.82. The van der Waals surface area contributed by atoms with Crippen LogP contribution in [0.4, 0.5) is 11.5 Å². The minimum absolute atomic E-state index is 0.0252. The average Bonchev–Trinajstić information content (AvgIpc) is 2.98. The van der Waals surface area contributed by atoms with Gasteiger partial charge in [-0.05, 0) is 4.92 Å². The van der Waals surface area contributed by atoms with Crippen molar-refractivity contribution < 1.29 is 15.0 Å². The van der Waals surface area contributed by atoms with Gasteiger partial charge >= 0.3 is 11.5 Å². The van der Waals surface area contributed by atoms with Gasteiger partial charge in [-0.1, -0.05) is 0 Å². The highest BCUT2D eigenvalue weighted by Crippen LogP contribution is 2.15. The molecule has 2 aromatic heterocycles. The summed E-state index contributed by atoms with van der Waals surface area (Å²) in [5.74, 6) is 0.171. The molecule has 2 rings (SSSR count). The van der Waals surface area contributed by atoms with E-state index in [9.17, 15) is 25.3 Å². The molecule has 0 fully saturated rings. The third-order valence-corrected chi connectivity index (χ3v) is 2.84. The monoisotopic (exact) mass is 296 g/mol. The van der Waals surface area contributed by atoms with Gasteiger partial charge in [0.2, 0.25) is 0 Å². The quantitative estimate of drug-likeness (QED) is 0.595. The molecule has 0 aliphatic heterocycles. The summed E-state index contributed by atoms with van der Waals surface area (Å²) in [5, 5.41) is 35.0. The van der Waals surface area contributed by atoms with Gasteiger partial charge in [0.1, 0.15) is 31.2 Å². The Bertz CT molecular complexity index is 677. The Morgan fingerprint density at radius 2 is 2.00 bits per heavy atom. The Morgan fingerprint density at radius 3 is 2.57 bits per heavy atom. The summed E-state index contributed by atoms with van der Waals surface area (Å²) in [6.45, 7) is 1.50. The van der Waals surface area contributed by atoms with Crippen LogP contribution in [0.1, 0.15) is 5.82 Å². The molecule has 11 heteroatoms. The van der Waals surface area contributed by atoms with Crippen LogP contribution in [0.25, 0.3) is 0 Å². The van der Waals surface area contributed by atoms with Crippen molar-refractivity contribution in [2.24, 2.45) is 0 Å². The van der Waals surface area contributed by atoms with Gasteiger partial charge in [0.15, 0.2) is 5.82 Å². The number of hydrogen-bond donors (Lipinski definition) is 1. The third-order valence-electron chi connectivity index (χ3n) is 2.84. The molecule has 0 aliphatic rings. The Morgan fingerprint density at radius 1 is 1.29 bits per heavy atom. The fourth-order valence-electron chi connectivity index (χ4n) is 1.86. The molecule has 0 saturated carbocycles. The molecule has 1 unspecified atom stereocenters. The Balaban J connectivity index is 2.07. The number of aliphatic hydroxyl groups excluding tert-OH is 1. The van der Waals surface area contributed by atoms with Crippen molar-refractivity contribution in [2.75, 3.05) is 0 Å². The first-order valence-corrected chi connectivity index (χ1v) is 5.90.